The van der Waals surface area contributed by atoms with E-state index in [1.165, 1.54) is 37.4 Å². The number of hydrogen-bond donors (Lipinski definition) is 0. The van der Waals surface area contributed by atoms with Gasteiger partial charge in [0.15, 0.2) is 0 Å². The Bertz CT molecular complexity index is 143. The molecule has 1 nitrogen and oxygen atoms in total. The van der Waals surface area contributed by atoms with E-state index in [2.05, 4.69) is 33.4 Å². The van der Waals surface area contributed by atoms with Crippen molar-refractivity contribution in [1.82, 2.24) is 4.90 Å². The molecule has 0 aromatic heterocycles. The van der Waals surface area contributed by atoms with Crippen LogP contribution in [0.4, 0.5) is 0 Å². The number of hydrogen-bond acceptors (Lipinski definition) is 3. The second-order valence-corrected chi connectivity index (χ2v) is 6.22. The van der Waals surface area contributed by atoms with Gasteiger partial charge in [0.05, 0.1) is 0 Å². The molecule has 0 bridgehead atoms. The molecule has 0 radical (unpaired) electrons. The van der Waals surface area contributed by atoms with Crippen LogP contribution in [0.25, 0.3) is 0 Å². The number of piperidine rings is 1. The van der Waals surface area contributed by atoms with E-state index in [0.717, 1.165) is 12.0 Å². The van der Waals surface area contributed by atoms with Gasteiger partial charge in [0, 0.05) is 17.5 Å². The number of rotatable bonds is 1. The fourth-order valence-electron chi connectivity index (χ4n) is 2.29. The highest BCUT2D eigenvalue weighted by molar-refractivity contribution is 8.76. The standard InChI is InChI=1S/C9H17NS2/c1-2-10-5-3-4-8-6-11-12-7-9(8)10/h8-9H,2-7H2,1H3/t8-,9-/m1/s1. The highest BCUT2D eigenvalue weighted by Gasteiger charge is 2.32. The molecule has 0 amide bonds. The molecule has 2 saturated heterocycles. The molecule has 0 aromatic rings. The van der Waals surface area contributed by atoms with Crippen LogP contribution in [0, 0.1) is 5.92 Å². The first kappa shape index (κ1) is 9.22. The van der Waals surface area contributed by atoms with Crippen LogP contribution < -0.4 is 0 Å². The minimum Gasteiger partial charge on any atom is -0.300 e. The van der Waals surface area contributed by atoms with Gasteiger partial charge in [-0.25, -0.2) is 0 Å². The first-order valence-corrected chi connectivity index (χ1v) is 7.39. The van der Waals surface area contributed by atoms with Crippen molar-refractivity contribution in [3.63, 3.8) is 0 Å². The molecule has 2 rings (SSSR count). The zero-order valence-electron chi connectivity index (χ0n) is 7.66. The van der Waals surface area contributed by atoms with Gasteiger partial charge in [-0.2, -0.15) is 0 Å². The summed E-state index contributed by atoms with van der Waals surface area (Å²) in [5.41, 5.74) is 0. The molecular formula is C9H17NS2. The molecule has 0 aromatic carbocycles. The predicted molar refractivity (Wildman–Crippen MR) is 58.7 cm³/mol. The van der Waals surface area contributed by atoms with Crippen molar-refractivity contribution in [3.05, 3.63) is 0 Å². The summed E-state index contributed by atoms with van der Waals surface area (Å²) in [4.78, 5) is 2.68. The van der Waals surface area contributed by atoms with Crippen LogP contribution in [0.15, 0.2) is 0 Å². The summed E-state index contributed by atoms with van der Waals surface area (Å²) < 4.78 is 0. The molecular weight excluding hydrogens is 186 g/mol. The second-order valence-electron chi connectivity index (χ2n) is 3.67. The Morgan fingerprint density at radius 3 is 3.00 bits per heavy atom. The monoisotopic (exact) mass is 203 g/mol. The minimum absolute atomic E-state index is 0.912. The predicted octanol–water partition coefficient (Wildman–Crippen LogP) is 2.48. The third-order valence-electron chi connectivity index (χ3n) is 3.04. The lowest BCUT2D eigenvalue weighted by atomic mass is 9.92. The van der Waals surface area contributed by atoms with Gasteiger partial charge in [-0.15, -0.1) is 0 Å². The molecule has 0 aliphatic carbocycles. The topological polar surface area (TPSA) is 3.24 Å². The van der Waals surface area contributed by atoms with Gasteiger partial charge in [-0.3, -0.25) is 4.90 Å². The van der Waals surface area contributed by atoms with Gasteiger partial charge >= 0.3 is 0 Å². The SMILES string of the molecule is CCN1CCC[C@@H]2CSSC[C@H]21. The zero-order chi connectivity index (χ0) is 8.39. The molecule has 2 aliphatic rings. The molecule has 0 spiro atoms. The van der Waals surface area contributed by atoms with Gasteiger partial charge < -0.3 is 0 Å². The van der Waals surface area contributed by atoms with Gasteiger partial charge in [0.25, 0.3) is 0 Å². The molecule has 2 fully saturated rings. The van der Waals surface area contributed by atoms with E-state index in [-0.39, 0.29) is 0 Å². The Morgan fingerprint density at radius 2 is 2.17 bits per heavy atom. The lowest BCUT2D eigenvalue weighted by Gasteiger charge is -2.42. The molecule has 2 heterocycles. The Labute approximate surface area is 83.1 Å². The Kier molecular flexibility index (Phi) is 3.27. The third kappa shape index (κ3) is 1.78. The van der Waals surface area contributed by atoms with Crippen molar-refractivity contribution in [1.29, 1.82) is 0 Å². The smallest absolute Gasteiger partial charge is 0.0231 e. The molecule has 0 saturated carbocycles. The summed E-state index contributed by atoms with van der Waals surface area (Å²) in [6.45, 7) is 4.91. The molecule has 2 atom stereocenters. The Morgan fingerprint density at radius 1 is 1.33 bits per heavy atom. The van der Waals surface area contributed by atoms with Gasteiger partial charge in [0.2, 0.25) is 0 Å². The first-order chi connectivity index (χ1) is 5.92. The Hall–Kier alpha value is 0.660. The van der Waals surface area contributed by atoms with E-state index in [0.29, 0.717) is 0 Å². The molecule has 3 heteroatoms. The van der Waals surface area contributed by atoms with E-state index in [9.17, 15) is 0 Å². The zero-order valence-corrected chi connectivity index (χ0v) is 9.29. The van der Waals surface area contributed by atoms with E-state index in [1.54, 1.807) is 0 Å². The van der Waals surface area contributed by atoms with Gasteiger partial charge in [0.1, 0.15) is 0 Å². The van der Waals surface area contributed by atoms with Crippen molar-refractivity contribution in [2.24, 2.45) is 5.92 Å². The average Bonchev–Trinajstić information content (AvgIpc) is 2.17. The van der Waals surface area contributed by atoms with Crippen molar-refractivity contribution in [2.45, 2.75) is 25.8 Å². The van der Waals surface area contributed by atoms with Crippen LogP contribution in [0.3, 0.4) is 0 Å². The third-order valence-corrected chi connectivity index (χ3v) is 5.57. The van der Waals surface area contributed by atoms with Crippen molar-refractivity contribution in [2.75, 3.05) is 24.6 Å². The molecule has 12 heavy (non-hydrogen) atoms. The van der Waals surface area contributed by atoms with Crippen molar-refractivity contribution in [3.8, 4) is 0 Å². The molecule has 2 aliphatic heterocycles. The highest BCUT2D eigenvalue weighted by atomic mass is 33.1. The summed E-state index contributed by atoms with van der Waals surface area (Å²) in [7, 11) is 4.16. The normalized spacial score (nSPS) is 37.8. The van der Waals surface area contributed by atoms with Gasteiger partial charge in [-0.1, -0.05) is 28.5 Å². The van der Waals surface area contributed by atoms with E-state index in [1.807, 2.05) is 0 Å². The maximum atomic E-state index is 2.68. The molecule has 0 N–H and O–H groups in total. The van der Waals surface area contributed by atoms with Crippen LogP contribution in [-0.2, 0) is 0 Å². The van der Waals surface area contributed by atoms with Crippen LogP contribution >= 0.6 is 21.6 Å². The van der Waals surface area contributed by atoms with Crippen LogP contribution in [0.2, 0.25) is 0 Å². The quantitative estimate of drug-likeness (QED) is 0.603. The summed E-state index contributed by atoms with van der Waals surface area (Å²) >= 11 is 0. The number of fused-ring (bicyclic) bond motifs is 1. The van der Waals surface area contributed by atoms with Crippen molar-refractivity contribution >= 4 is 21.6 Å². The lowest BCUT2D eigenvalue weighted by molar-refractivity contribution is 0.125. The summed E-state index contributed by atoms with van der Waals surface area (Å²) in [5.74, 6) is 3.76. The summed E-state index contributed by atoms with van der Waals surface area (Å²) in [5, 5.41) is 0. The highest BCUT2D eigenvalue weighted by Crippen LogP contribution is 2.39. The summed E-state index contributed by atoms with van der Waals surface area (Å²) in [6, 6.07) is 0.912. The fourth-order valence-corrected chi connectivity index (χ4v) is 5.19. The average molecular weight is 203 g/mol. The molecule has 70 valence electrons. The minimum atomic E-state index is 0.912. The van der Waals surface area contributed by atoms with Gasteiger partial charge in [-0.05, 0) is 31.8 Å². The van der Waals surface area contributed by atoms with E-state index in [4.69, 9.17) is 0 Å². The fraction of sp³-hybridized carbons (Fsp3) is 1.00. The first-order valence-electron chi connectivity index (χ1n) is 4.90. The largest absolute Gasteiger partial charge is 0.300 e. The Balaban J connectivity index is 1.99. The number of nitrogens with zero attached hydrogens (tertiary/aromatic N) is 1. The summed E-state index contributed by atoms with van der Waals surface area (Å²) in [6.07, 6.45) is 2.91. The maximum Gasteiger partial charge on any atom is 0.0231 e. The van der Waals surface area contributed by atoms with E-state index < -0.39 is 0 Å². The second kappa shape index (κ2) is 4.25. The van der Waals surface area contributed by atoms with Crippen LogP contribution in [-0.4, -0.2) is 35.5 Å². The maximum absolute atomic E-state index is 2.68. The van der Waals surface area contributed by atoms with E-state index >= 15 is 0 Å². The molecule has 0 unspecified atom stereocenters. The van der Waals surface area contributed by atoms with Crippen molar-refractivity contribution < 1.29 is 0 Å². The van der Waals surface area contributed by atoms with Crippen LogP contribution in [0.5, 0.6) is 0 Å². The number of likely N-dealkylation sites (tertiary alicyclic amines) is 1. The lowest BCUT2D eigenvalue weighted by Crippen LogP contribution is -2.48. The van der Waals surface area contributed by atoms with Crippen LogP contribution in [0.1, 0.15) is 19.8 Å².